The summed E-state index contributed by atoms with van der Waals surface area (Å²) in [6.07, 6.45) is 0. The molecule has 1 aromatic carbocycles. The van der Waals surface area contributed by atoms with Gasteiger partial charge in [0.05, 0.1) is 16.4 Å². The summed E-state index contributed by atoms with van der Waals surface area (Å²) < 4.78 is 0. The van der Waals surface area contributed by atoms with Gasteiger partial charge in [0.15, 0.2) is 5.82 Å². The number of rotatable bonds is 2. The maximum atomic E-state index is 9.18. The summed E-state index contributed by atoms with van der Waals surface area (Å²) in [5.74, 6) is 0.425. The lowest BCUT2D eigenvalue weighted by Crippen LogP contribution is -2.03. The van der Waals surface area contributed by atoms with Crippen LogP contribution in [0.4, 0.5) is 11.5 Å². The second kappa shape index (κ2) is 5.03. The molecule has 0 bridgehead atoms. The first-order valence-corrected chi connectivity index (χ1v) is 5.77. The van der Waals surface area contributed by atoms with Gasteiger partial charge in [0.1, 0.15) is 11.6 Å². The zero-order chi connectivity index (χ0) is 13.1. The molecular formula is C13H11ClN4. The van der Waals surface area contributed by atoms with Crippen LogP contribution in [0.25, 0.3) is 0 Å². The molecule has 4 nitrogen and oxygen atoms in total. The first-order chi connectivity index (χ1) is 8.63. The number of aryl methyl sites for hydroxylation is 1. The van der Waals surface area contributed by atoms with E-state index < -0.39 is 0 Å². The van der Waals surface area contributed by atoms with Gasteiger partial charge < -0.3 is 5.32 Å². The Morgan fingerprint density at radius 2 is 1.94 bits per heavy atom. The van der Waals surface area contributed by atoms with Crippen molar-refractivity contribution in [2.75, 3.05) is 5.32 Å². The number of nitrogens with one attached hydrogen (secondary N) is 1. The standard InChI is InChI=1S/C13H11ClN4/c1-8-9(2)17-18-13(10(8)7-15)16-12-6-4-3-5-11(12)14/h3-6H,1-2H3,(H,16,18). The Kier molecular flexibility index (Phi) is 3.45. The average Bonchev–Trinajstić information content (AvgIpc) is 2.37. The van der Waals surface area contributed by atoms with Crippen LogP contribution in [0.5, 0.6) is 0 Å². The highest BCUT2D eigenvalue weighted by Gasteiger charge is 2.11. The van der Waals surface area contributed by atoms with E-state index in [1.807, 2.05) is 32.0 Å². The van der Waals surface area contributed by atoms with Crippen LogP contribution in [-0.4, -0.2) is 10.2 Å². The number of anilines is 2. The molecule has 0 aliphatic carbocycles. The molecule has 0 fully saturated rings. The molecule has 5 heteroatoms. The molecule has 1 aromatic heterocycles. The van der Waals surface area contributed by atoms with Crippen LogP contribution >= 0.6 is 11.6 Å². The van der Waals surface area contributed by atoms with Crippen molar-refractivity contribution >= 4 is 23.1 Å². The van der Waals surface area contributed by atoms with Gasteiger partial charge in [0.2, 0.25) is 0 Å². The van der Waals surface area contributed by atoms with Gasteiger partial charge in [0.25, 0.3) is 0 Å². The predicted octanol–water partition coefficient (Wildman–Crippen LogP) is 3.36. The zero-order valence-electron chi connectivity index (χ0n) is 10.0. The molecule has 1 heterocycles. The number of hydrogen-bond acceptors (Lipinski definition) is 4. The SMILES string of the molecule is Cc1nnc(Nc2ccccc2Cl)c(C#N)c1C. The van der Waals surface area contributed by atoms with Gasteiger partial charge >= 0.3 is 0 Å². The third-order valence-electron chi connectivity index (χ3n) is 2.69. The highest BCUT2D eigenvalue weighted by molar-refractivity contribution is 6.33. The summed E-state index contributed by atoms with van der Waals surface area (Å²) in [7, 11) is 0. The zero-order valence-corrected chi connectivity index (χ0v) is 10.8. The van der Waals surface area contributed by atoms with Crippen molar-refractivity contribution in [3.8, 4) is 6.07 Å². The number of para-hydroxylation sites is 1. The lowest BCUT2D eigenvalue weighted by molar-refractivity contribution is 0.960. The highest BCUT2D eigenvalue weighted by atomic mass is 35.5. The normalized spacial score (nSPS) is 9.89. The fraction of sp³-hybridized carbons (Fsp3) is 0.154. The Morgan fingerprint density at radius 1 is 1.22 bits per heavy atom. The van der Waals surface area contributed by atoms with Crippen molar-refractivity contribution in [3.63, 3.8) is 0 Å². The molecular weight excluding hydrogens is 248 g/mol. The summed E-state index contributed by atoms with van der Waals surface area (Å²) in [6, 6.07) is 9.42. The second-order valence-corrected chi connectivity index (χ2v) is 4.26. The summed E-state index contributed by atoms with van der Waals surface area (Å²) >= 11 is 6.05. The minimum atomic E-state index is 0.425. The maximum Gasteiger partial charge on any atom is 0.171 e. The van der Waals surface area contributed by atoms with E-state index in [1.165, 1.54) is 0 Å². The molecule has 2 rings (SSSR count). The summed E-state index contributed by atoms with van der Waals surface area (Å²) in [5.41, 5.74) is 2.76. The summed E-state index contributed by atoms with van der Waals surface area (Å²) in [5, 5.41) is 20.8. The van der Waals surface area contributed by atoms with E-state index in [0.717, 1.165) is 11.3 Å². The molecule has 0 amide bonds. The van der Waals surface area contributed by atoms with Crippen LogP contribution in [-0.2, 0) is 0 Å². The molecule has 90 valence electrons. The summed E-state index contributed by atoms with van der Waals surface area (Å²) in [6.45, 7) is 3.67. The van der Waals surface area contributed by atoms with E-state index >= 15 is 0 Å². The lowest BCUT2D eigenvalue weighted by atomic mass is 10.1. The molecule has 2 aromatic rings. The fourth-order valence-corrected chi connectivity index (χ4v) is 1.71. The highest BCUT2D eigenvalue weighted by Crippen LogP contribution is 2.26. The molecule has 0 spiro atoms. The second-order valence-electron chi connectivity index (χ2n) is 3.85. The average molecular weight is 259 g/mol. The van der Waals surface area contributed by atoms with Crippen molar-refractivity contribution < 1.29 is 0 Å². The first-order valence-electron chi connectivity index (χ1n) is 5.39. The van der Waals surface area contributed by atoms with Crippen molar-refractivity contribution in [3.05, 3.63) is 46.1 Å². The monoisotopic (exact) mass is 258 g/mol. The Bertz CT molecular complexity index is 631. The smallest absolute Gasteiger partial charge is 0.171 e. The number of halogens is 1. The van der Waals surface area contributed by atoms with Crippen LogP contribution in [0.3, 0.4) is 0 Å². The van der Waals surface area contributed by atoms with Crippen LogP contribution in [0, 0.1) is 25.2 Å². The molecule has 0 atom stereocenters. The van der Waals surface area contributed by atoms with E-state index in [1.54, 1.807) is 6.07 Å². The van der Waals surface area contributed by atoms with Crippen molar-refractivity contribution in [2.45, 2.75) is 13.8 Å². The number of nitriles is 1. The minimum absolute atomic E-state index is 0.425. The van der Waals surface area contributed by atoms with Crippen LogP contribution in [0.1, 0.15) is 16.8 Å². The van der Waals surface area contributed by atoms with Crippen molar-refractivity contribution in [1.82, 2.24) is 10.2 Å². The molecule has 0 unspecified atom stereocenters. The third-order valence-corrected chi connectivity index (χ3v) is 3.02. The van der Waals surface area contributed by atoms with Crippen molar-refractivity contribution in [2.24, 2.45) is 0 Å². The Morgan fingerprint density at radius 3 is 2.61 bits per heavy atom. The van der Waals surface area contributed by atoms with E-state index in [9.17, 15) is 5.26 Å². The predicted molar refractivity (Wildman–Crippen MR) is 71.0 cm³/mol. The molecule has 1 N–H and O–H groups in total. The van der Waals surface area contributed by atoms with Gasteiger partial charge in [-0.2, -0.15) is 10.4 Å². The lowest BCUT2D eigenvalue weighted by Gasteiger charge is -2.10. The van der Waals surface area contributed by atoms with Crippen molar-refractivity contribution in [1.29, 1.82) is 5.26 Å². The quantitative estimate of drug-likeness (QED) is 0.897. The van der Waals surface area contributed by atoms with Gasteiger partial charge in [-0.1, -0.05) is 23.7 Å². The van der Waals surface area contributed by atoms with E-state index in [0.29, 0.717) is 22.1 Å². The molecule has 0 aliphatic rings. The Hall–Kier alpha value is -2.12. The molecule has 0 saturated carbocycles. The van der Waals surface area contributed by atoms with Gasteiger partial charge in [0, 0.05) is 0 Å². The van der Waals surface area contributed by atoms with E-state index in [2.05, 4.69) is 21.6 Å². The molecule has 0 radical (unpaired) electrons. The third kappa shape index (κ3) is 2.27. The van der Waals surface area contributed by atoms with Crippen LogP contribution in [0.15, 0.2) is 24.3 Å². The van der Waals surface area contributed by atoms with Crippen LogP contribution < -0.4 is 5.32 Å². The van der Waals surface area contributed by atoms with E-state index in [-0.39, 0.29) is 0 Å². The largest absolute Gasteiger partial charge is 0.336 e. The molecule has 18 heavy (non-hydrogen) atoms. The number of hydrogen-bond donors (Lipinski definition) is 1. The number of nitrogens with zero attached hydrogens (tertiary/aromatic N) is 3. The first kappa shape index (κ1) is 12.3. The van der Waals surface area contributed by atoms with E-state index in [4.69, 9.17) is 11.6 Å². The Labute approximate surface area is 110 Å². The van der Waals surface area contributed by atoms with Gasteiger partial charge in [-0.3, -0.25) is 0 Å². The van der Waals surface area contributed by atoms with Crippen LogP contribution in [0.2, 0.25) is 5.02 Å². The van der Waals surface area contributed by atoms with Gasteiger partial charge in [-0.25, -0.2) is 0 Å². The number of benzene rings is 1. The minimum Gasteiger partial charge on any atom is -0.336 e. The maximum absolute atomic E-state index is 9.18. The van der Waals surface area contributed by atoms with Gasteiger partial charge in [-0.05, 0) is 31.5 Å². The molecule has 0 saturated heterocycles. The fourth-order valence-electron chi connectivity index (χ4n) is 1.52. The Balaban J connectivity index is 2.45. The summed E-state index contributed by atoms with van der Waals surface area (Å²) in [4.78, 5) is 0. The van der Waals surface area contributed by atoms with Gasteiger partial charge in [-0.15, -0.1) is 5.10 Å². The topological polar surface area (TPSA) is 61.6 Å². The molecule has 0 aliphatic heterocycles. The number of aromatic nitrogens is 2.